The van der Waals surface area contributed by atoms with Crippen LogP contribution in [0.4, 0.5) is 16.4 Å². The van der Waals surface area contributed by atoms with E-state index in [0.29, 0.717) is 49.9 Å². The number of hydrogen-bond acceptors (Lipinski definition) is 12. The van der Waals surface area contributed by atoms with Crippen LogP contribution < -0.4 is 27.2 Å². The number of pyridine rings is 1. The van der Waals surface area contributed by atoms with Crippen molar-refractivity contribution in [3.8, 4) is 11.3 Å². The molecule has 0 bridgehead atoms. The number of benzene rings is 1. The van der Waals surface area contributed by atoms with Crippen LogP contribution in [0.3, 0.4) is 0 Å². The largest absolute Gasteiger partial charge is 0.448 e. The summed E-state index contributed by atoms with van der Waals surface area (Å²) in [6.07, 6.45) is 35.4. The molecule has 59 heavy (non-hydrogen) atoms. The van der Waals surface area contributed by atoms with E-state index in [2.05, 4.69) is 98.4 Å². The summed E-state index contributed by atoms with van der Waals surface area (Å²) in [6, 6.07) is 9.85. The number of aromatic nitrogens is 5. The molecular formula is C44H58N10O3S2. The maximum absolute atomic E-state index is 12.2. The monoisotopic (exact) mass is 838 g/mol. The van der Waals surface area contributed by atoms with E-state index in [1.54, 1.807) is 51.1 Å². The third-order valence-corrected chi connectivity index (χ3v) is 10.9. The van der Waals surface area contributed by atoms with E-state index in [0.717, 1.165) is 72.7 Å². The van der Waals surface area contributed by atoms with Crippen molar-refractivity contribution in [3.63, 3.8) is 0 Å². The summed E-state index contributed by atoms with van der Waals surface area (Å²) in [6.45, 7) is 4.12. The fourth-order valence-corrected chi connectivity index (χ4v) is 7.33. The van der Waals surface area contributed by atoms with Gasteiger partial charge in [-0.05, 0) is 68.7 Å². The number of nitrogens with zero attached hydrogens (tertiary/aromatic N) is 6. The van der Waals surface area contributed by atoms with E-state index in [1.807, 2.05) is 30.3 Å². The third kappa shape index (κ3) is 18.8. The van der Waals surface area contributed by atoms with E-state index in [9.17, 15) is 9.59 Å². The first kappa shape index (κ1) is 46.3. The summed E-state index contributed by atoms with van der Waals surface area (Å²) < 4.78 is 6.99. The van der Waals surface area contributed by atoms with Crippen molar-refractivity contribution in [2.24, 2.45) is 5.84 Å². The Bertz CT molecular complexity index is 2010. The molecule has 0 aliphatic carbocycles. The Kier molecular flexibility index (Phi) is 22.1. The van der Waals surface area contributed by atoms with Gasteiger partial charge in [0.1, 0.15) is 6.61 Å². The lowest BCUT2D eigenvalue weighted by Gasteiger charge is -2.19. The predicted octanol–water partition coefficient (Wildman–Crippen LogP) is 8.50. The van der Waals surface area contributed by atoms with Crippen molar-refractivity contribution in [2.75, 3.05) is 41.9 Å². The Hall–Kier alpha value is -5.38. The van der Waals surface area contributed by atoms with Gasteiger partial charge in [0.05, 0.1) is 36.7 Å². The lowest BCUT2D eigenvalue weighted by molar-refractivity contribution is -0.121. The summed E-state index contributed by atoms with van der Waals surface area (Å²) in [5.74, 6) is 8.54. The van der Waals surface area contributed by atoms with Gasteiger partial charge in [-0.3, -0.25) is 19.5 Å². The average Bonchev–Trinajstić information content (AvgIpc) is 3.72. The Morgan fingerprint density at radius 1 is 0.881 bits per heavy atom. The molecule has 0 saturated carbocycles. The van der Waals surface area contributed by atoms with Gasteiger partial charge in [0.2, 0.25) is 5.91 Å². The minimum Gasteiger partial charge on any atom is -0.448 e. The molecule has 314 valence electrons. The van der Waals surface area contributed by atoms with Gasteiger partial charge in [-0.15, -0.1) is 0 Å². The third-order valence-electron chi connectivity index (χ3n) is 8.53. The van der Waals surface area contributed by atoms with Crippen LogP contribution in [0.5, 0.6) is 0 Å². The highest BCUT2D eigenvalue weighted by molar-refractivity contribution is 8.76. The Morgan fingerprint density at radius 3 is 2.31 bits per heavy atom. The van der Waals surface area contributed by atoms with Crippen LogP contribution in [0, 0.1) is 0 Å². The van der Waals surface area contributed by atoms with Crippen LogP contribution >= 0.6 is 21.6 Å². The van der Waals surface area contributed by atoms with Crippen molar-refractivity contribution >= 4 is 56.1 Å². The molecule has 4 aromatic rings. The van der Waals surface area contributed by atoms with Gasteiger partial charge in [-0.2, -0.15) is 5.10 Å². The smallest absolute Gasteiger partial charge is 0.407 e. The number of carbonyl (C=O) groups is 2. The number of unbranched alkanes of at least 4 members (excludes halogenated alkanes) is 1. The number of ether oxygens (including phenoxy) is 1. The number of nitrogen functional groups attached to an aromatic ring is 1. The molecule has 3 aromatic heterocycles. The maximum Gasteiger partial charge on any atom is 0.407 e. The Labute approximate surface area is 356 Å². The fraction of sp³-hybridized carbons (Fsp3) is 0.364. The highest BCUT2D eigenvalue weighted by atomic mass is 33.1. The van der Waals surface area contributed by atoms with Crippen LogP contribution in [0.2, 0.25) is 0 Å². The number of hydrazine groups is 1. The normalized spacial score (nSPS) is 11.9. The zero-order valence-electron chi connectivity index (χ0n) is 34.0. The summed E-state index contributed by atoms with van der Waals surface area (Å²) in [5.41, 5.74) is 9.31. The molecule has 0 radical (unpaired) electrons. The molecule has 0 spiro atoms. The lowest BCUT2D eigenvalue weighted by Crippen LogP contribution is -2.32. The molecule has 2 amide bonds. The summed E-state index contributed by atoms with van der Waals surface area (Å²) in [5, 5.41) is 12.6. The summed E-state index contributed by atoms with van der Waals surface area (Å²) >= 11 is 0. The van der Waals surface area contributed by atoms with Crippen molar-refractivity contribution in [1.82, 2.24) is 35.4 Å². The van der Waals surface area contributed by atoms with E-state index < -0.39 is 6.09 Å². The minimum atomic E-state index is -0.486. The van der Waals surface area contributed by atoms with Gasteiger partial charge in [0, 0.05) is 54.4 Å². The number of nitrogens with one attached hydrogen (secondary N) is 2. The summed E-state index contributed by atoms with van der Waals surface area (Å²) in [4.78, 5) is 37.6. The number of allylic oxidation sites excluding steroid dienone is 10. The topological polar surface area (TPSA) is 179 Å². The van der Waals surface area contributed by atoms with Gasteiger partial charge < -0.3 is 21.1 Å². The average molecular weight is 839 g/mol. The number of hydrogen-bond donors (Lipinski definition) is 4. The van der Waals surface area contributed by atoms with E-state index in [-0.39, 0.29) is 18.3 Å². The molecule has 6 N–H and O–H groups in total. The molecule has 15 heteroatoms. The molecule has 0 fully saturated rings. The van der Waals surface area contributed by atoms with Crippen molar-refractivity contribution < 1.29 is 14.3 Å². The van der Waals surface area contributed by atoms with Gasteiger partial charge in [-0.1, -0.05) is 101 Å². The first-order chi connectivity index (χ1) is 28.9. The number of nitrogens with two attached hydrogens (primary N) is 2. The number of fused-ring (bicyclic) bond motifs is 1. The Balaban J connectivity index is 0.977. The second-order valence-corrected chi connectivity index (χ2v) is 16.0. The molecule has 0 saturated heterocycles. The standard InChI is InChI=1S/C44H58N10O3S2/c1-2-3-4-5-6-7-8-9-10-11-12-13-14-15-16-17-18-21-41(55)48-25-29-58-59-30-26-49-44(56)57-28-27-53-35-38(32-51-53)40-33-50-42(45)43(52-40)54(46)34-36-22-23-39-37(31-36)20-19-24-47-39/h3-4,6-7,9-10,12-13,15-16,19-20,22-24,31-33,35H,2,5,8,11,14,17-18,21,25-30,34,46H2,1H3,(H2,45,50)(H,48,55)(H,49,56)/b4-3-,7-6-,10-9-,13-12-,16-15-. The molecular weight excluding hydrogens is 781 g/mol. The zero-order valence-corrected chi connectivity index (χ0v) is 35.6. The zero-order chi connectivity index (χ0) is 41.8. The number of anilines is 2. The SMILES string of the molecule is CC/C=C\C/C=C\C/C=C\C/C=C\C/C=C\CCCC(=O)NCCSSCCNC(=O)OCCn1cc(-c2cnc(N)c(N(N)Cc3ccc4ncccc4c3)n2)cn1. The van der Waals surface area contributed by atoms with E-state index in [1.165, 1.54) is 5.01 Å². The Morgan fingerprint density at radius 2 is 1.58 bits per heavy atom. The molecule has 0 aliphatic heterocycles. The molecule has 3 heterocycles. The first-order valence-electron chi connectivity index (χ1n) is 20.1. The molecule has 0 atom stereocenters. The van der Waals surface area contributed by atoms with E-state index in [4.69, 9.17) is 16.3 Å². The maximum atomic E-state index is 12.2. The van der Waals surface area contributed by atoms with Crippen LogP contribution in [0.25, 0.3) is 22.2 Å². The van der Waals surface area contributed by atoms with Crippen LogP contribution in [0.1, 0.15) is 63.9 Å². The molecule has 1 aromatic carbocycles. The van der Waals surface area contributed by atoms with Crippen LogP contribution in [0.15, 0.2) is 116 Å². The second-order valence-electron chi connectivity index (χ2n) is 13.3. The van der Waals surface area contributed by atoms with Gasteiger partial charge in [-0.25, -0.2) is 20.6 Å². The lowest BCUT2D eigenvalue weighted by atomic mass is 10.1. The molecule has 0 unspecified atom stereocenters. The molecule has 0 aliphatic rings. The molecule has 4 rings (SSSR count). The number of carbonyl (C=O) groups excluding carboxylic acids is 2. The quantitative estimate of drug-likeness (QED) is 0.0148. The summed E-state index contributed by atoms with van der Waals surface area (Å²) in [7, 11) is 3.30. The second kappa shape index (κ2) is 28.1. The number of alkyl carbamates (subject to hydrolysis) is 1. The predicted molar refractivity (Wildman–Crippen MR) is 245 cm³/mol. The first-order valence-corrected chi connectivity index (χ1v) is 22.6. The minimum absolute atomic E-state index is 0.0803. The fourth-order valence-electron chi connectivity index (χ4n) is 5.52. The van der Waals surface area contributed by atoms with Crippen molar-refractivity contribution in [3.05, 3.63) is 121 Å². The van der Waals surface area contributed by atoms with E-state index >= 15 is 0 Å². The highest BCUT2D eigenvalue weighted by Crippen LogP contribution is 2.24. The number of amides is 2. The van der Waals surface area contributed by atoms with Crippen molar-refractivity contribution in [1.29, 1.82) is 0 Å². The van der Waals surface area contributed by atoms with Gasteiger partial charge in [0.25, 0.3) is 0 Å². The van der Waals surface area contributed by atoms with Crippen molar-refractivity contribution in [2.45, 2.75) is 71.4 Å². The van der Waals surface area contributed by atoms with Gasteiger partial charge >= 0.3 is 6.09 Å². The van der Waals surface area contributed by atoms with Crippen LogP contribution in [-0.4, -0.2) is 67.9 Å². The van der Waals surface area contributed by atoms with Crippen LogP contribution in [-0.2, 0) is 22.6 Å². The number of rotatable bonds is 27. The molecule has 13 nitrogen and oxygen atoms in total. The van der Waals surface area contributed by atoms with Gasteiger partial charge in [0.15, 0.2) is 11.6 Å². The highest BCUT2D eigenvalue weighted by Gasteiger charge is 2.14.